The van der Waals surface area contributed by atoms with Gasteiger partial charge in [-0.15, -0.1) is 0 Å². The third kappa shape index (κ3) is 1.16. The lowest BCUT2D eigenvalue weighted by Gasteiger charge is -2.08. The monoisotopic (exact) mass is 179 g/mol. The minimum absolute atomic E-state index is 0.123. The van der Waals surface area contributed by atoms with Crippen LogP contribution in [-0.4, -0.2) is 21.9 Å². The average molecular weight is 179 g/mol. The number of nitrogens with one attached hydrogen (secondary N) is 1. The Kier molecular flexibility index (Phi) is 1.54. The van der Waals surface area contributed by atoms with Crippen LogP contribution in [0.3, 0.4) is 0 Å². The summed E-state index contributed by atoms with van der Waals surface area (Å²) < 4.78 is 0. The van der Waals surface area contributed by atoms with Crippen LogP contribution in [0.1, 0.15) is 12.1 Å². The molecular weight excluding hydrogens is 170 g/mol. The van der Waals surface area contributed by atoms with E-state index in [0.717, 1.165) is 5.69 Å². The fourth-order valence-corrected chi connectivity index (χ4v) is 1.20. The van der Waals surface area contributed by atoms with Crippen LogP contribution < -0.4 is 10.7 Å². The smallest absolute Gasteiger partial charge is 0.255 e. The molecule has 1 aromatic heterocycles. The predicted octanol–water partition coefficient (Wildman–Crippen LogP) is -0.273. The molecule has 6 nitrogen and oxygen atoms in total. The normalized spacial score (nSPS) is 16.5. The van der Waals surface area contributed by atoms with Crippen molar-refractivity contribution >= 4 is 17.4 Å². The van der Waals surface area contributed by atoms with Crippen molar-refractivity contribution < 1.29 is 4.79 Å². The second kappa shape index (κ2) is 2.58. The van der Waals surface area contributed by atoms with Gasteiger partial charge in [-0.2, -0.15) is 15.2 Å². The highest BCUT2D eigenvalue weighted by atomic mass is 16.2. The number of H-pyrrole nitrogens is 1. The van der Waals surface area contributed by atoms with Crippen LogP contribution in [0.4, 0.5) is 5.69 Å². The van der Waals surface area contributed by atoms with Gasteiger partial charge in [-0.05, 0) is 6.92 Å². The van der Waals surface area contributed by atoms with Crippen molar-refractivity contribution in [1.29, 1.82) is 0 Å². The summed E-state index contributed by atoms with van der Waals surface area (Å²) in [7, 11) is 0. The number of nitrogens with zero attached hydrogens (tertiary/aromatic N) is 3. The van der Waals surface area contributed by atoms with Crippen molar-refractivity contribution in [2.24, 2.45) is 10.8 Å². The van der Waals surface area contributed by atoms with Crippen molar-refractivity contribution in [1.82, 2.24) is 10.2 Å². The Balaban J connectivity index is 2.37. The highest BCUT2D eigenvalue weighted by molar-refractivity contribution is 6.11. The molecule has 0 spiro atoms. The molecule has 6 heteroatoms. The topological polar surface area (TPSA) is 87.4 Å². The SMILES string of the molecule is Cc1[nH]ncc1N1N=C(N)CC1=O. The van der Waals surface area contributed by atoms with Gasteiger partial charge in [0.1, 0.15) is 11.5 Å². The Labute approximate surface area is 74.4 Å². The molecule has 0 aromatic carbocycles. The number of aromatic amines is 1. The second-order valence-electron chi connectivity index (χ2n) is 2.85. The van der Waals surface area contributed by atoms with Gasteiger partial charge in [0.05, 0.1) is 18.3 Å². The van der Waals surface area contributed by atoms with Crippen LogP contribution in [0.2, 0.25) is 0 Å². The lowest BCUT2D eigenvalue weighted by atomic mass is 10.3. The molecule has 13 heavy (non-hydrogen) atoms. The number of aryl methyl sites for hydroxylation is 1. The lowest BCUT2D eigenvalue weighted by molar-refractivity contribution is -0.116. The summed E-state index contributed by atoms with van der Waals surface area (Å²) in [6, 6.07) is 0. The first-order valence-corrected chi connectivity index (χ1v) is 3.84. The van der Waals surface area contributed by atoms with Crippen LogP contribution >= 0.6 is 0 Å². The number of rotatable bonds is 1. The van der Waals surface area contributed by atoms with Crippen molar-refractivity contribution in [3.05, 3.63) is 11.9 Å². The van der Waals surface area contributed by atoms with Gasteiger partial charge in [0.25, 0.3) is 5.91 Å². The Bertz CT molecular complexity index is 380. The van der Waals surface area contributed by atoms with Gasteiger partial charge in [0, 0.05) is 0 Å². The molecule has 2 rings (SSSR count). The Morgan fingerprint density at radius 2 is 2.46 bits per heavy atom. The maximum absolute atomic E-state index is 11.3. The summed E-state index contributed by atoms with van der Waals surface area (Å²) >= 11 is 0. The molecule has 68 valence electrons. The van der Waals surface area contributed by atoms with Gasteiger partial charge in [-0.25, -0.2) is 0 Å². The molecule has 1 aromatic rings. The number of hydrogen-bond donors (Lipinski definition) is 2. The van der Waals surface area contributed by atoms with Gasteiger partial charge >= 0.3 is 0 Å². The van der Waals surface area contributed by atoms with E-state index in [1.165, 1.54) is 5.01 Å². The number of hydrazone groups is 1. The standard InChI is InChI=1S/C7H9N5O/c1-4-5(3-9-10-4)12-7(13)2-6(8)11-12/h3H,2H2,1H3,(H2,8,11)(H,9,10). The first-order valence-electron chi connectivity index (χ1n) is 3.84. The number of nitrogens with two attached hydrogens (primary N) is 1. The van der Waals surface area contributed by atoms with E-state index in [2.05, 4.69) is 15.3 Å². The summed E-state index contributed by atoms with van der Waals surface area (Å²) in [4.78, 5) is 11.3. The molecule has 1 amide bonds. The van der Waals surface area contributed by atoms with Crippen LogP contribution in [-0.2, 0) is 4.79 Å². The number of amides is 1. The summed E-state index contributed by atoms with van der Waals surface area (Å²) in [5.74, 6) is 0.215. The molecule has 1 aliphatic rings. The van der Waals surface area contributed by atoms with Gasteiger partial charge in [-0.3, -0.25) is 9.89 Å². The van der Waals surface area contributed by atoms with E-state index < -0.39 is 0 Å². The highest BCUT2D eigenvalue weighted by Gasteiger charge is 2.25. The summed E-state index contributed by atoms with van der Waals surface area (Å²) in [6.45, 7) is 1.82. The van der Waals surface area contributed by atoms with E-state index in [9.17, 15) is 4.79 Å². The fourth-order valence-electron chi connectivity index (χ4n) is 1.20. The first-order chi connectivity index (χ1) is 6.18. The molecule has 1 aliphatic heterocycles. The number of carbonyl (C=O) groups is 1. The first kappa shape index (κ1) is 7.78. The highest BCUT2D eigenvalue weighted by Crippen LogP contribution is 2.21. The number of amidine groups is 1. The van der Waals surface area contributed by atoms with Gasteiger partial charge in [0.15, 0.2) is 0 Å². The third-order valence-electron chi connectivity index (χ3n) is 1.83. The van der Waals surface area contributed by atoms with Crippen molar-refractivity contribution in [3.8, 4) is 0 Å². The second-order valence-corrected chi connectivity index (χ2v) is 2.85. The molecule has 3 N–H and O–H groups in total. The van der Waals surface area contributed by atoms with Crippen LogP contribution in [0.5, 0.6) is 0 Å². The molecule has 0 aliphatic carbocycles. The number of anilines is 1. The molecule has 0 radical (unpaired) electrons. The maximum atomic E-state index is 11.3. The van der Waals surface area contributed by atoms with E-state index >= 15 is 0 Å². The summed E-state index contributed by atoms with van der Waals surface area (Å²) in [5, 5.41) is 11.7. The lowest BCUT2D eigenvalue weighted by Crippen LogP contribution is -2.19. The number of hydrogen-bond acceptors (Lipinski definition) is 4. The minimum Gasteiger partial charge on any atom is -0.385 e. The van der Waals surface area contributed by atoms with Crippen LogP contribution in [0.15, 0.2) is 11.3 Å². The molecule has 0 saturated carbocycles. The van der Waals surface area contributed by atoms with Gasteiger partial charge in [-0.1, -0.05) is 0 Å². The fraction of sp³-hybridized carbons (Fsp3) is 0.286. The zero-order valence-electron chi connectivity index (χ0n) is 7.11. The Hall–Kier alpha value is -1.85. The van der Waals surface area contributed by atoms with Crippen molar-refractivity contribution in [2.45, 2.75) is 13.3 Å². The third-order valence-corrected chi connectivity index (χ3v) is 1.83. The summed E-state index contributed by atoms with van der Waals surface area (Å²) in [6.07, 6.45) is 1.74. The quantitative estimate of drug-likeness (QED) is 0.621. The van der Waals surface area contributed by atoms with Gasteiger partial charge < -0.3 is 5.73 Å². The van der Waals surface area contributed by atoms with Crippen molar-refractivity contribution in [2.75, 3.05) is 5.01 Å². The van der Waals surface area contributed by atoms with E-state index in [1.807, 2.05) is 6.92 Å². The molecule has 0 saturated heterocycles. The molecule has 0 fully saturated rings. The van der Waals surface area contributed by atoms with Gasteiger partial charge in [0.2, 0.25) is 0 Å². The predicted molar refractivity (Wildman–Crippen MR) is 47.1 cm³/mol. The molecule has 0 atom stereocenters. The number of aromatic nitrogens is 2. The van der Waals surface area contributed by atoms with Crippen LogP contribution in [0, 0.1) is 6.92 Å². The average Bonchev–Trinajstić information content (AvgIpc) is 2.58. The number of carbonyl (C=O) groups excluding carboxylic acids is 1. The van der Waals surface area contributed by atoms with E-state index in [-0.39, 0.29) is 12.3 Å². The van der Waals surface area contributed by atoms with Crippen molar-refractivity contribution in [3.63, 3.8) is 0 Å². The van der Waals surface area contributed by atoms with E-state index in [4.69, 9.17) is 5.73 Å². The maximum Gasteiger partial charge on any atom is 0.255 e. The molecular formula is C7H9N5O. The zero-order chi connectivity index (χ0) is 9.42. The summed E-state index contributed by atoms with van der Waals surface area (Å²) in [5.41, 5.74) is 6.88. The van der Waals surface area contributed by atoms with E-state index in [0.29, 0.717) is 11.5 Å². The van der Waals surface area contributed by atoms with Crippen LogP contribution in [0.25, 0.3) is 0 Å². The van der Waals surface area contributed by atoms with E-state index in [1.54, 1.807) is 6.20 Å². The largest absolute Gasteiger partial charge is 0.385 e. The molecule has 0 bridgehead atoms. The Morgan fingerprint density at radius 1 is 1.69 bits per heavy atom. The molecule has 2 heterocycles. The minimum atomic E-state index is -0.123. The Morgan fingerprint density at radius 3 is 2.92 bits per heavy atom. The molecule has 0 unspecified atom stereocenters. The zero-order valence-corrected chi connectivity index (χ0v) is 7.11.